The van der Waals surface area contributed by atoms with Crippen LogP contribution in [0.15, 0.2) is 18.2 Å². The maximum atomic E-state index is 13.0. The predicted molar refractivity (Wildman–Crippen MR) is 63.6 cm³/mol. The van der Waals surface area contributed by atoms with Crippen LogP contribution in [0.1, 0.15) is 24.5 Å². The number of hydrogen-bond donors (Lipinski definition) is 1. The maximum absolute atomic E-state index is 13.0. The maximum Gasteiger partial charge on any atom is 0.418 e. The number of anilines is 1. The van der Waals surface area contributed by atoms with Gasteiger partial charge in [-0.25, -0.2) is 0 Å². The van der Waals surface area contributed by atoms with Crippen LogP contribution >= 0.6 is 0 Å². The normalized spacial score (nSPS) is 23.1. The van der Waals surface area contributed by atoms with Crippen molar-refractivity contribution in [1.29, 1.82) is 5.26 Å². The molecule has 0 radical (unpaired) electrons. The third-order valence-corrected chi connectivity index (χ3v) is 3.17. The van der Waals surface area contributed by atoms with Crippen molar-refractivity contribution in [2.24, 2.45) is 0 Å². The lowest BCUT2D eigenvalue weighted by molar-refractivity contribution is -0.137. The van der Waals surface area contributed by atoms with Crippen molar-refractivity contribution in [2.45, 2.75) is 31.7 Å². The number of alkyl halides is 3. The van der Waals surface area contributed by atoms with Crippen LogP contribution < -0.4 is 5.32 Å². The number of halogens is 3. The summed E-state index contributed by atoms with van der Waals surface area (Å²) in [4.78, 5) is 0. The van der Waals surface area contributed by atoms with Crippen LogP contribution in [0.5, 0.6) is 0 Å². The molecule has 1 aliphatic heterocycles. The van der Waals surface area contributed by atoms with Crippen LogP contribution in [0.2, 0.25) is 0 Å². The summed E-state index contributed by atoms with van der Waals surface area (Å²) < 4.78 is 44.2. The summed E-state index contributed by atoms with van der Waals surface area (Å²) in [5.74, 6) is 0. The van der Waals surface area contributed by atoms with E-state index in [1.54, 1.807) is 6.07 Å². The number of nitrogens with zero attached hydrogens (tertiary/aromatic N) is 1. The van der Waals surface area contributed by atoms with Gasteiger partial charge in [-0.3, -0.25) is 0 Å². The number of nitrogens with one attached hydrogen (secondary N) is 1. The highest BCUT2D eigenvalue weighted by atomic mass is 19.4. The molecule has 6 heteroatoms. The average molecular weight is 270 g/mol. The number of ether oxygens (including phenoxy) is 1. The van der Waals surface area contributed by atoms with Crippen LogP contribution in [0.3, 0.4) is 0 Å². The molecule has 19 heavy (non-hydrogen) atoms. The fraction of sp³-hybridized carbons (Fsp3) is 0.462. The van der Waals surface area contributed by atoms with E-state index >= 15 is 0 Å². The molecular formula is C13H13F3N2O. The molecule has 1 N–H and O–H groups in total. The van der Waals surface area contributed by atoms with E-state index < -0.39 is 11.7 Å². The molecule has 1 aliphatic rings. The Morgan fingerprint density at radius 2 is 2.16 bits per heavy atom. The fourth-order valence-corrected chi connectivity index (χ4v) is 2.10. The topological polar surface area (TPSA) is 45.0 Å². The monoisotopic (exact) mass is 270 g/mol. The van der Waals surface area contributed by atoms with Gasteiger partial charge in [-0.2, -0.15) is 18.4 Å². The molecule has 0 saturated carbocycles. The molecule has 1 aromatic carbocycles. The zero-order valence-electron chi connectivity index (χ0n) is 10.3. The van der Waals surface area contributed by atoms with E-state index in [1.807, 2.05) is 6.92 Å². The minimum absolute atomic E-state index is 0.00569. The first kappa shape index (κ1) is 13.7. The van der Waals surface area contributed by atoms with E-state index in [0.717, 1.165) is 6.07 Å². The van der Waals surface area contributed by atoms with Gasteiger partial charge in [0.15, 0.2) is 0 Å². The zero-order valence-corrected chi connectivity index (χ0v) is 10.3. The van der Waals surface area contributed by atoms with Gasteiger partial charge in [0.05, 0.1) is 29.3 Å². The van der Waals surface area contributed by atoms with E-state index in [9.17, 15) is 13.2 Å². The van der Waals surface area contributed by atoms with E-state index in [1.165, 1.54) is 12.1 Å². The molecular weight excluding hydrogens is 257 g/mol. The second kappa shape index (κ2) is 5.10. The Kier molecular flexibility index (Phi) is 3.67. The minimum atomic E-state index is -4.49. The zero-order chi connectivity index (χ0) is 14.0. The number of nitriles is 1. The summed E-state index contributed by atoms with van der Waals surface area (Å²) in [5, 5.41) is 11.5. The molecule has 0 amide bonds. The minimum Gasteiger partial charge on any atom is -0.379 e. The summed E-state index contributed by atoms with van der Waals surface area (Å²) in [7, 11) is 0. The molecule has 0 bridgehead atoms. The largest absolute Gasteiger partial charge is 0.418 e. The Morgan fingerprint density at radius 3 is 2.68 bits per heavy atom. The van der Waals surface area contributed by atoms with E-state index in [0.29, 0.717) is 13.0 Å². The standard InChI is InChI=1S/C13H13F3N2O/c1-8-11(4-5-19-8)18-12-3-2-9(7-17)6-10(12)13(14,15)16/h2-3,6,8,11,18H,4-5H2,1H3. The Labute approximate surface area is 109 Å². The average Bonchev–Trinajstić information content (AvgIpc) is 2.74. The molecule has 1 fully saturated rings. The number of benzene rings is 1. The molecule has 2 rings (SSSR count). The second-order valence-electron chi connectivity index (χ2n) is 4.49. The van der Waals surface area contributed by atoms with Crippen molar-refractivity contribution >= 4 is 5.69 Å². The van der Waals surface area contributed by atoms with Gasteiger partial charge >= 0.3 is 6.18 Å². The predicted octanol–water partition coefficient (Wildman–Crippen LogP) is 3.17. The third kappa shape index (κ3) is 2.99. The third-order valence-electron chi connectivity index (χ3n) is 3.17. The Balaban J connectivity index is 2.32. The summed E-state index contributed by atoms with van der Waals surface area (Å²) in [5.41, 5.74) is -0.826. The van der Waals surface area contributed by atoms with Gasteiger partial charge in [-0.05, 0) is 31.5 Å². The molecule has 2 atom stereocenters. The summed E-state index contributed by atoms with van der Waals surface area (Å²) in [6, 6.07) is 5.11. The van der Waals surface area contributed by atoms with E-state index in [2.05, 4.69) is 5.32 Å². The number of hydrogen-bond acceptors (Lipinski definition) is 3. The lowest BCUT2D eigenvalue weighted by Gasteiger charge is -2.21. The van der Waals surface area contributed by atoms with Gasteiger partial charge in [0, 0.05) is 12.3 Å². The highest BCUT2D eigenvalue weighted by Gasteiger charge is 2.35. The van der Waals surface area contributed by atoms with Gasteiger partial charge in [-0.1, -0.05) is 0 Å². The molecule has 0 spiro atoms. The molecule has 1 heterocycles. The molecule has 0 aromatic heterocycles. The highest BCUT2D eigenvalue weighted by Crippen LogP contribution is 2.36. The Morgan fingerprint density at radius 1 is 1.42 bits per heavy atom. The highest BCUT2D eigenvalue weighted by molar-refractivity contribution is 5.56. The summed E-state index contributed by atoms with van der Waals surface area (Å²) >= 11 is 0. The van der Waals surface area contributed by atoms with Crippen molar-refractivity contribution in [3.8, 4) is 6.07 Å². The van der Waals surface area contributed by atoms with Crippen molar-refractivity contribution in [2.75, 3.05) is 11.9 Å². The van der Waals surface area contributed by atoms with Crippen molar-refractivity contribution in [3.05, 3.63) is 29.3 Å². The van der Waals surface area contributed by atoms with Crippen molar-refractivity contribution in [3.63, 3.8) is 0 Å². The first-order chi connectivity index (χ1) is 8.91. The molecule has 0 aliphatic carbocycles. The van der Waals surface area contributed by atoms with Crippen LogP contribution in [-0.2, 0) is 10.9 Å². The Hall–Kier alpha value is -1.74. The van der Waals surface area contributed by atoms with Gasteiger partial charge in [0.25, 0.3) is 0 Å². The van der Waals surface area contributed by atoms with E-state index in [-0.39, 0.29) is 23.4 Å². The lowest BCUT2D eigenvalue weighted by Crippen LogP contribution is -2.28. The van der Waals surface area contributed by atoms with Crippen LogP contribution in [0, 0.1) is 11.3 Å². The van der Waals surface area contributed by atoms with Gasteiger partial charge < -0.3 is 10.1 Å². The van der Waals surface area contributed by atoms with Crippen LogP contribution in [0.4, 0.5) is 18.9 Å². The van der Waals surface area contributed by atoms with Crippen molar-refractivity contribution < 1.29 is 17.9 Å². The Bertz CT molecular complexity index is 508. The second-order valence-corrected chi connectivity index (χ2v) is 4.49. The molecule has 3 nitrogen and oxygen atoms in total. The number of rotatable bonds is 2. The quantitative estimate of drug-likeness (QED) is 0.897. The van der Waals surface area contributed by atoms with E-state index in [4.69, 9.17) is 10.00 Å². The molecule has 1 saturated heterocycles. The van der Waals surface area contributed by atoms with Crippen LogP contribution in [0.25, 0.3) is 0 Å². The summed E-state index contributed by atoms with van der Waals surface area (Å²) in [6.45, 7) is 2.36. The molecule has 1 aromatic rings. The van der Waals surface area contributed by atoms with Crippen LogP contribution in [-0.4, -0.2) is 18.8 Å². The first-order valence-electron chi connectivity index (χ1n) is 5.91. The molecule has 102 valence electrons. The smallest absolute Gasteiger partial charge is 0.379 e. The fourth-order valence-electron chi connectivity index (χ4n) is 2.10. The lowest BCUT2D eigenvalue weighted by atomic mass is 10.1. The molecule has 2 unspecified atom stereocenters. The van der Waals surface area contributed by atoms with Gasteiger partial charge in [-0.15, -0.1) is 0 Å². The van der Waals surface area contributed by atoms with Gasteiger partial charge in [0.1, 0.15) is 0 Å². The first-order valence-corrected chi connectivity index (χ1v) is 5.91. The SMILES string of the molecule is CC1OCCC1Nc1ccc(C#N)cc1C(F)(F)F. The summed E-state index contributed by atoms with van der Waals surface area (Å²) in [6.07, 6.45) is -3.95. The van der Waals surface area contributed by atoms with Gasteiger partial charge in [0.2, 0.25) is 0 Å². The van der Waals surface area contributed by atoms with Crippen molar-refractivity contribution in [1.82, 2.24) is 0 Å².